The zero-order valence-electron chi connectivity index (χ0n) is 17.7. The van der Waals surface area contributed by atoms with Crippen LogP contribution in [0.4, 0.5) is 10.5 Å². The normalized spacial score (nSPS) is 14.7. The number of carbonyl (C=O) groups excluding carboxylic acids is 3. The van der Waals surface area contributed by atoms with Gasteiger partial charge in [-0.25, -0.2) is 4.79 Å². The number of carbonyl (C=O) groups is 3. The largest absolute Gasteiger partial charge is 0.444 e. The first-order chi connectivity index (χ1) is 13.7. The third kappa shape index (κ3) is 8.98. The lowest BCUT2D eigenvalue weighted by atomic mass is 9.88. The van der Waals surface area contributed by atoms with Crippen molar-refractivity contribution in [1.82, 2.24) is 10.6 Å². The first kappa shape index (κ1) is 22.7. The fourth-order valence-corrected chi connectivity index (χ4v) is 3.22. The van der Waals surface area contributed by atoms with Crippen LogP contribution in [0.3, 0.4) is 0 Å². The predicted molar refractivity (Wildman–Crippen MR) is 112 cm³/mol. The number of hydrogen-bond acceptors (Lipinski definition) is 4. The smallest absolute Gasteiger partial charge is 0.407 e. The number of hydrogen-bond donors (Lipinski definition) is 3. The van der Waals surface area contributed by atoms with E-state index in [2.05, 4.69) is 16.0 Å². The molecule has 160 valence electrons. The molecule has 1 aromatic carbocycles. The summed E-state index contributed by atoms with van der Waals surface area (Å²) in [5.74, 6) is 0.0931. The molecular formula is C22H33N3O4. The second kappa shape index (κ2) is 10.8. The van der Waals surface area contributed by atoms with E-state index >= 15 is 0 Å². The topological polar surface area (TPSA) is 96.5 Å². The van der Waals surface area contributed by atoms with Crippen molar-refractivity contribution in [3.8, 4) is 0 Å². The average Bonchev–Trinajstić information content (AvgIpc) is 2.66. The standard InChI is InChI=1S/C22H33N3O4/c1-22(2,3)29-21(28)23-14-13-19(26)25-18-11-9-16(10-12-18)15-24-20(27)17-7-5-4-6-8-17/h9-12,17H,4-8,13-15H2,1-3H3,(H,23,28)(H,24,27)(H,25,26). The molecule has 1 saturated carbocycles. The van der Waals surface area contributed by atoms with Crippen molar-refractivity contribution in [2.75, 3.05) is 11.9 Å². The van der Waals surface area contributed by atoms with Gasteiger partial charge < -0.3 is 20.7 Å². The second-order valence-electron chi connectivity index (χ2n) is 8.48. The molecule has 7 nitrogen and oxygen atoms in total. The highest BCUT2D eigenvalue weighted by Gasteiger charge is 2.20. The average molecular weight is 404 g/mol. The van der Waals surface area contributed by atoms with Gasteiger partial charge in [-0.05, 0) is 51.3 Å². The van der Waals surface area contributed by atoms with Crippen LogP contribution in [0.5, 0.6) is 0 Å². The first-order valence-electron chi connectivity index (χ1n) is 10.4. The fraction of sp³-hybridized carbons (Fsp3) is 0.591. The lowest BCUT2D eigenvalue weighted by Gasteiger charge is -2.20. The SMILES string of the molecule is CC(C)(C)OC(=O)NCCC(=O)Nc1ccc(CNC(=O)C2CCCCC2)cc1. The second-order valence-corrected chi connectivity index (χ2v) is 8.48. The highest BCUT2D eigenvalue weighted by Crippen LogP contribution is 2.23. The van der Waals surface area contributed by atoms with Crippen LogP contribution in [0.1, 0.15) is 64.9 Å². The maximum Gasteiger partial charge on any atom is 0.407 e. The minimum Gasteiger partial charge on any atom is -0.444 e. The van der Waals surface area contributed by atoms with E-state index in [0.717, 1.165) is 31.2 Å². The highest BCUT2D eigenvalue weighted by molar-refractivity contribution is 5.91. The quantitative estimate of drug-likeness (QED) is 0.646. The van der Waals surface area contributed by atoms with E-state index in [-0.39, 0.29) is 30.7 Å². The van der Waals surface area contributed by atoms with Crippen molar-refractivity contribution in [2.45, 2.75) is 71.4 Å². The minimum absolute atomic E-state index is 0.138. The maximum absolute atomic E-state index is 12.2. The van der Waals surface area contributed by atoms with Crippen molar-refractivity contribution in [2.24, 2.45) is 5.92 Å². The molecular weight excluding hydrogens is 370 g/mol. The Balaban J connectivity index is 1.68. The van der Waals surface area contributed by atoms with Crippen LogP contribution in [0.25, 0.3) is 0 Å². The Morgan fingerprint density at radius 1 is 1.00 bits per heavy atom. The molecule has 3 amide bonds. The molecule has 0 unspecified atom stereocenters. The van der Waals surface area contributed by atoms with Crippen LogP contribution < -0.4 is 16.0 Å². The molecule has 1 aliphatic carbocycles. The summed E-state index contributed by atoms with van der Waals surface area (Å²) in [7, 11) is 0. The molecule has 29 heavy (non-hydrogen) atoms. The summed E-state index contributed by atoms with van der Waals surface area (Å²) in [6.07, 6.45) is 5.09. The molecule has 1 aliphatic rings. The molecule has 7 heteroatoms. The first-order valence-corrected chi connectivity index (χ1v) is 10.4. The number of anilines is 1. The van der Waals surface area contributed by atoms with Crippen LogP contribution in [0, 0.1) is 5.92 Å². The van der Waals surface area contributed by atoms with E-state index in [1.807, 2.05) is 12.1 Å². The molecule has 0 spiro atoms. The highest BCUT2D eigenvalue weighted by atomic mass is 16.6. The van der Waals surface area contributed by atoms with Gasteiger partial charge in [0.1, 0.15) is 5.60 Å². The number of ether oxygens (including phenoxy) is 1. The third-order valence-electron chi connectivity index (χ3n) is 4.70. The zero-order valence-corrected chi connectivity index (χ0v) is 17.7. The Morgan fingerprint density at radius 2 is 1.66 bits per heavy atom. The monoisotopic (exact) mass is 403 g/mol. The summed E-state index contributed by atoms with van der Waals surface area (Å²) >= 11 is 0. The predicted octanol–water partition coefficient (Wildman–Crippen LogP) is 3.74. The van der Waals surface area contributed by atoms with E-state index in [4.69, 9.17) is 4.74 Å². The van der Waals surface area contributed by atoms with E-state index in [0.29, 0.717) is 12.2 Å². The molecule has 0 radical (unpaired) electrons. The number of alkyl carbamates (subject to hydrolysis) is 1. The van der Waals surface area contributed by atoms with Gasteiger partial charge in [-0.2, -0.15) is 0 Å². The molecule has 0 saturated heterocycles. The molecule has 1 aromatic rings. The van der Waals surface area contributed by atoms with Crippen molar-refractivity contribution in [1.29, 1.82) is 0 Å². The van der Waals surface area contributed by atoms with Crippen LogP contribution >= 0.6 is 0 Å². The number of amides is 3. The summed E-state index contributed by atoms with van der Waals surface area (Å²) in [4.78, 5) is 35.7. The van der Waals surface area contributed by atoms with Crippen LogP contribution in [0.2, 0.25) is 0 Å². The lowest BCUT2D eigenvalue weighted by molar-refractivity contribution is -0.126. The Labute approximate surface area is 173 Å². The van der Waals surface area contributed by atoms with Gasteiger partial charge in [0.2, 0.25) is 11.8 Å². The summed E-state index contributed by atoms with van der Waals surface area (Å²) in [6.45, 7) is 6.04. The number of nitrogens with one attached hydrogen (secondary N) is 3. The van der Waals surface area contributed by atoms with E-state index < -0.39 is 11.7 Å². The third-order valence-corrected chi connectivity index (χ3v) is 4.70. The van der Waals surface area contributed by atoms with Gasteiger partial charge in [0.25, 0.3) is 0 Å². The number of benzene rings is 1. The van der Waals surface area contributed by atoms with Crippen LogP contribution in [0.15, 0.2) is 24.3 Å². The van der Waals surface area contributed by atoms with E-state index in [1.54, 1.807) is 32.9 Å². The maximum atomic E-state index is 12.2. The molecule has 1 fully saturated rings. The van der Waals surface area contributed by atoms with Gasteiger partial charge >= 0.3 is 6.09 Å². The summed E-state index contributed by atoms with van der Waals surface area (Å²) < 4.78 is 5.12. The minimum atomic E-state index is -0.566. The molecule has 0 heterocycles. The summed E-state index contributed by atoms with van der Waals surface area (Å²) in [5.41, 5.74) is 1.10. The van der Waals surface area contributed by atoms with Gasteiger partial charge in [-0.15, -0.1) is 0 Å². The molecule has 0 aliphatic heterocycles. The molecule has 2 rings (SSSR count). The van der Waals surface area contributed by atoms with E-state index in [1.165, 1.54) is 6.42 Å². The molecule has 0 aromatic heterocycles. The van der Waals surface area contributed by atoms with E-state index in [9.17, 15) is 14.4 Å². The van der Waals surface area contributed by atoms with Crippen molar-refractivity contribution in [3.63, 3.8) is 0 Å². The van der Waals surface area contributed by atoms with Gasteiger partial charge in [0.05, 0.1) is 0 Å². The Morgan fingerprint density at radius 3 is 2.28 bits per heavy atom. The lowest BCUT2D eigenvalue weighted by Crippen LogP contribution is -2.34. The zero-order chi connectivity index (χ0) is 21.3. The molecule has 0 bridgehead atoms. The van der Waals surface area contributed by atoms with Crippen molar-refractivity contribution < 1.29 is 19.1 Å². The van der Waals surface area contributed by atoms with Gasteiger partial charge in [-0.1, -0.05) is 31.4 Å². The molecule has 3 N–H and O–H groups in total. The summed E-state index contributed by atoms with van der Waals surface area (Å²) in [6, 6.07) is 7.38. The Kier molecular flexibility index (Phi) is 8.49. The van der Waals surface area contributed by atoms with Crippen molar-refractivity contribution >= 4 is 23.6 Å². The van der Waals surface area contributed by atoms with Crippen LogP contribution in [-0.2, 0) is 20.9 Å². The van der Waals surface area contributed by atoms with Gasteiger partial charge in [0.15, 0.2) is 0 Å². The Hall–Kier alpha value is -2.57. The van der Waals surface area contributed by atoms with Gasteiger partial charge in [0, 0.05) is 31.1 Å². The van der Waals surface area contributed by atoms with Gasteiger partial charge in [-0.3, -0.25) is 9.59 Å². The fourth-order valence-electron chi connectivity index (χ4n) is 3.22. The van der Waals surface area contributed by atoms with Crippen molar-refractivity contribution in [3.05, 3.63) is 29.8 Å². The Bertz CT molecular complexity index is 689. The number of rotatable bonds is 7. The molecule has 0 atom stereocenters. The van der Waals surface area contributed by atoms with Crippen LogP contribution in [-0.4, -0.2) is 30.1 Å². The summed E-state index contributed by atoms with van der Waals surface area (Å²) in [5, 5.41) is 8.35.